The molecule has 3 fully saturated rings. The molecule has 3 saturated heterocycles. The fourth-order valence-corrected chi connectivity index (χ4v) is 5.88. The summed E-state index contributed by atoms with van der Waals surface area (Å²) in [6, 6.07) is -2.86. The largest absolute Gasteiger partial charge is 0.477 e. The molecule has 3 aliphatic heterocycles. The fraction of sp³-hybridized carbons (Fsp3) is 0.889. The molecular formula is C27H47N3O19. The maximum atomic E-state index is 12.7. The summed E-state index contributed by atoms with van der Waals surface area (Å²) in [5, 5.41) is 110. The van der Waals surface area contributed by atoms with Crippen molar-refractivity contribution in [1.29, 1.82) is 0 Å². The van der Waals surface area contributed by atoms with Gasteiger partial charge in [0.1, 0.15) is 67.1 Å². The molecule has 49 heavy (non-hydrogen) atoms. The van der Waals surface area contributed by atoms with Gasteiger partial charge in [-0.1, -0.05) is 0 Å². The Balaban J connectivity index is 1.95. The van der Waals surface area contributed by atoms with Crippen LogP contribution in [0, 0.1) is 0 Å². The third kappa shape index (κ3) is 9.36. The van der Waals surface area contributed by atoms with Gasteiger partial charge in [-0.3, -0.25) is 9.59 Å². The van der Waals surface area contributed by atoms with E-state index in [4.69, 9.17) is 34.2 Å². The number of carbonyl (C=O) groups is 3. The van der Waals surface area contributed by atoms with Crippen molar-refractivity contribution >= 4 is 17.8 Å². The smallest absolute Gasteiger partial charge is 0.364 e. The lowest BCUT2D eigenvalue weighted by molar-refractivity contribution is -0.382. The highest BCUT2D eigenvalue weighted by Gasteiger charge is 2.60. The number of carboxylic acids is 1. The van der Waals surface area contributed by atoms with E-state index in [1.165, 1.54) is 0 Å². The molecule has 0 bridgehead atoms. The van der Waals surface area contributed by atoms with Gasteiger partial charge in [0, 0.05) is 26.8 Å². The molecule has 0 aromatic rings. The van der Waals surface area contributed by atoms with Gasteiger partial charge in [-0.2, -0.15) is 0 Å². The zero-order chi connectivity index (χ0) is 36.8. The highest BCUT2D eigenvalue weighted by molar-refractivity contribution is 5.76. The van der Waals surface area contributed by atoms with Crippen molar-refractivity contribution in [3.05, 3.63) is 0 Å². The first-order valence-electron chi connectivity index (χ1n) is 15.4. The summed E-state index contributed by atoms with van der Waals surface area (Å²) in [5.74, 6) is -6.37. The molecule has 22 heteroatoms. The third-order valence-corrected chi connectivity index (χ3v) is 8.25. The van der Waals surface area contributed by atoms with Crippen molar-refractivity contribution in [3.63, 3.8) is 0 Å². The minimum absolute atomic E-state index is 0.0367. The van der Waals surface area contributed by atoms with Crippen LogP contribution in [0.4, 0.5) is 0 Å². The average molecular weight is 718 g/mol. The number of amides is 2. The number of carboxylic acid groups (broad SMARTS) is 1. The molecule has 0 aromatic carbocycles. The second-order valence-corrected chi connectivity index (χ2v) is 11.9. The van der Waals surface area contributed by atoms with Gasteiger partial charge in [0.2, 0.25) is 11.8 Å². The van der Waals surface area contributed by atoms with Gasteiger partial charge in [-0.05, 0) is 0 Å². The molecule has 3 heterocycles. The summed E-state index contributed by atoms with van der Waals surface area (Å²) >= 11 is 0. The lowest BCUT2D eigenvalue weighted by Gasteiger charge is -2.51. The van der Waals surface area contributed by atoms with E-state index in [9.17, 15) is 65.4 Å². The van der Waals surface area contributed by atoms with E-state index < -0.39 is 142 Å². The summed E-state index contributed by atoms with van der Waals surface area (Å²) in [5.41, 5.74) is 5.47. The first kappa shape index (κ1) is 41.2. The van der Waals surface area contributed by atoms with Crippen LogP contribution >= 0.6 is 0 Å². The van der Waals surface area contributed by atoms with Gasteiger partial charge in [0.15, 0.2) is 12.6 Å². The number of rotatable bonds is 15. The van der Waals surface area contributed by atoms with E-state index in [1.807, 2.05) is 0 Å². The molecule has 3 aliphatic rings. The van der Waals surface area contributed by atoms with Gasteiger partial charge in [0.05, 0.1) is 38.6 Å². The third-order valence-electron chi connectivity index (χ3n) is 8.25. The van der Waals surface area contributed by atoms with Crippen LogP contribution in [-0.4, -0.2) is 199 Å². The van der Waals surface area contributed by atoms with Gasteiger partial charge in [0.25, 0.3) is 5.79 Å². The van der Waals surface area contributed by atoms with E-state index in [0.29, 0.717) is 0 Å². The Morgan fingerprint density at radius 3 is 2.00 bits per heavy atom. The summed E-state index contributed by atoms with van der Waals surface area (Å²) in [6.07, 6.45) is -24.9. The SMILES string of the molecule is CC(=O)NC1C(OCCN)OC(CO)C(OC2OC(CO)C(O)C(OC3(C(=O)O)CC(O)C(NC(C)=O)C(C(O)C(O)CO)O3)C2O)C1O. The second-order valence-electron chi connectivity index (χ2n) is 11.9. The van der Waals surface area contributed by atoms with E-state index in [-0.39, 0.29) is 13.2 Å². The minimum atomic E-state index is -3.03. The fourth-order valence-electron chi connectivity index (χ4n) is 5.88. The molecule has 0 aromatic heterocycles. The monoisotopic (exact) mass is 717 g/mol. The predicted octanol–water partition coefficient (Wildman–Crippen LogP) is -8.10. The number of nitrogens with two attached hydrogens (primary N) is 1. The topological polar surface area (TPSA) is 359 Å². The molecule has 16 unspecified atom stereocenters. The summed E-state index contributed by atoms with van der Waals surface area (Å²) in [6.45, 7) is -0.677. The van der Waals surface area contributed by atoms with Gasteiger partial charge < -0.3 is 95.9 Å². The number of aliphatic hydroxyl groups excluding tert-OH is 9. The maximum absolute atomic E-state index is 12.7. The number of nitrogens with one attached hydrogen (secondary N) is 2. The number of hydrogen-bond donors (Lipinski definition) is 13. The van der Waals surface area contributed by atoms with Crippen molar-refractivity contribution in [2.24, 2.45) is 5.73 Å². The quantitative estimate of drug-likeness (QED) is 0.0748. The van der Waals surface area contributed by atoms with Crippen molar-refractivity contribution in [2.45, 2.75) is 118 Å². The highest BCUT2D eigenvalue weighted by Crippen LogP contribution is 2.38. The Hall–Kier alpha value is -2.23. The van der Waals surface area contributed by atoms with Gasteiger partial charge >= 0.3 is 5.97 Å². The molecular weight excluding hydrogens is 670 g/mol. The Kier molecular flexibility index (Phi) is 15.0. The Bertz CT molecular complexity index is 1110. The van der Waals surface area contributed by atoms with E-state index in [0.717, 1.165) is 13.8 Å². The lowest BCUT2D eigenvalue weighted by atomic mass is 9.88. The maximum Gasteiger partial charge on any atom is 0.364 e. The molecule has 2 amide bonds. The molecule has 3 rings (SSSR count). The number of hydrogen-bond acceptors (Lipinski definition) is 19. The summed E-state index contributed by atoms with van der Waals surface area (Å²) in [4.78, 5) is 36.4. The second kappa shape index (κ2) is 17.8. The zero-order valence-corrected chi connectivity index (χ0v) is 26.6. The molecule has 0 radical (unpaired) electrons. The van der Waals surface area contributed by atoms with Crippen LogP contribution in [0.1, 0.15) is 20.3 Å². The Morgan fingerprint density at radius 1 is 0.878 bits per heavy atom. The van der Waals surface area contributed by atoms with Crippen LogP contribution in [0.3, 0.4) is 0 Å². The number of carbonyl (C=O) groups excluding carboxylic acids is 2. The van der Waals surface area contributed by atoms with Gasteiger partial charge in [-0.25, -0.2) is 4.79 Å². The van der Waals surface area contributed by atoms with Crippen LogP contribution < -0.4 is 16.4 Å². The van der Waals surface area contributed by atoms with E-state index >= 15 is 0 Å². The molecule has 16 atom stereocenters. The van der Waals surface area contributed by atoms with Crippen LogP contribution in [0.15, 0.2) is 0 Å². The normalized spacial score (nSPS) is 41.0. The van der Waals surface area contributed by atoms with Crippen LogP contribution in [0.5, 0.6) is 0 Å². The van der Waals surface area contributed by atoms with E-state index in [1.54, 1.807) is 0 Å². The molecule has 284 valence electrons. The van der Waals surface area contributed by atoms with Crippen LogP contribution in [-0.2, 0) is 42.8 Å². The summed E-state index contributed by atoms with van der Waals surface area (Å²) in [7, 11) is 0. The van der Waals surface area contributed by atoms with Crippen molar-refractivity contribution < 1.29 is 93.9 Å². The first-order valence-corrected chi connectivity index (χ1v) is 15.4. The molecule has 14 N–H and O–H groups in total. The van der Waals surface area contributed by atoms with Crippen molar-refractivity contribution in [1.82, 2.24) is 10.6 Å². The van der Waals surface area contributed by atoms with Gasteiger partial charge in [-0.15, -0.1) is 0 Å². The first-order chi connectivity index (χ1) is 23.0. The van der Waals surface area contributed by atoms with Crippen molar-refractivity contribution in [3.8, 4) is 0 Å². The Labute approximate surface area is 279 Å². The number of ether oxygens (including phenoxy) is 6. The standard InChI is InChI=1S/C27H47N3O19/c1-9(34)29-15-11(36)5-27(26(42)43,48-22(15)17(38)12(37)6-31)49-23-18(39)13(7-32)45-25(20(23)41)47-21-14(8-33)46-24(44-4-3-28)16(19(21)40)30-10(2)35/h11-25,31-33,36-41H,3-8,28H2,1-2H3,(H,29,34)(H,30,35)(H,42,43). The Morgan fingerprint density at radius 2 is 1.47 bits per heavy atom. The van der Waals surface area contributed by atoms with Crippen LogP contribution in [0.25, 0.3) is 0 Å². The average Bonchev–Trinajstić information content (AvgIpc) is 3.05. The number of aliphatic hydroxyl groups is 9. The molecule has 0 aliphatic carbocycles. The van der Waals surface area contributed by atoms with Crippen molar-refractivity contribution in [2.75, 3.05) is 33.0 Å². The lowest BCUT2D eigenvalue weighted by Crippen LogP contribution is -2.71. The highest BCUT2D eigenvalue weighted by atomic mass is 16.8. The molecule has 22 nitrogen and oxygen atoms in total. The molecule has 0 saturated carbocycles. The van der Waals surface area contributed by atoms with Crippen LogP contribution in [0.2, 0.25) is 0 Å². The summed E-state index contributed by atoms with van der Waals surface area (Å²) < 4.78 is 33.6. The van der Waals surface area contributed by atoms with E-state index in [2.05, 4.69) is 10.6 Å². The molecule has 0 spiro atoms. The predicted molar refractivity (Wildman–Crippen MR) is 154 cm³/mol. The number of aliphatic carboxylic acids is 1. The minimum Gasteiger partial charge on any atom is -0.477 e. The zero-order valence-electron chi connectivity index (χ0n) is 26.6.